The van der Waals surface area contributed by atoms with Gasteiger partial charge in [-0.25, -0.2) is 18.6 Å². The number of carbonyl (C=O) groups is 1. The van der Waals surface area contributed by atoms with Crippen molar-refractivity contribution in [3.05, 3.63) is 35.5 Å². The number of nitrogens with one attached hydrogen (secondary N) is 2. The number of rotatable bonds is 5. The van der Waals surface area contributed by atoms with Crippen LogP contribution in [-0.4, -0.2) is 57.2 Å². The van der Waals surface area contributed by atoms with E-state index in [1.807, 2.05) is 36.1 Å². The van der Waals surface area contributed by atoms with E-state index in [2.05, 4.69) is 25.8 Å². The number of anilines is 1. The lowest BCUT2D eigenvalue weighted by atomic mass is 9.82. The Bertz CT molecular complexity index is 1140. The first-order chi connectivity index (χ1) is 16.0. The standard InChI is InChI=1S/C23H26F2N6OS/c1-13-29-30-22(33-13)14-5-6-15-11-27-21(8-16(15)7-14)28-23(32)31-18-3-2-4-19(31)10-17(9-18)26-12-20(24)25/h5-8,11,17-20,26H,2-4,9-10,12H2,1H3,(H,27,28,32)/t17-,18+,19-. The zero-order chi connectivity index (χ0) is 22.9. The summed E-state index contributed by atoms with van der Waals surface area (Å²) in [5.41, 5.74) is 0.976. The number of alkyl halides is 2. The van der Waals surface area contributed by atoms with Crippen molar-refractivity contribution < 1.29 is 13.6 Å². The number of amides is 2. The van der Waals surface area contributed by atoms with Gasteiger partial charge in [0.25, 0.3) is 6.43 Å². The number of hydrogen-bond donors (Lipinski definition) is 2. The van der Waals surface area contributed by atoms with Crippen molar-refractivity contribution in [1.29, 1.82) is 0 Å². The normalized spacial score (nSPS) is 22.7. The molecule has 2 N–H and O–H groups in total. The number of nitrogens with zero attached hydrogens (tertiary/aromatic N) is 4. The van der Waals surface area contributed by atoms with Crippen LogP contribution < -0.4 is 10.6 Å². The molecule has 0 aliphatic carbocycles. The minimum Gasteiger partial charge on any atom is -0.318 e. The zero-order valence-corrected chi connectivity index (χ0v) is 19.1. The predicted molar refractivity (Wildman–Crippen MR) is 125 cm³/mol. The van der Waals surface area contributed by atoms with Crippen LogP contribution in [0.2, 0.25) is 0 Å². The van der Waals surface area contributed by atoms with Gasteiger partial charge in [0.15, 0.2) is 0 Å². The number of benzene rings is 1. The lowest BCUT2D eigenvalue weighted by Gasteiger charge is -2.48. The van der Waals surface area contributed by atoms with E-state index in [-0.39, 0.29) is 30.7 Å². The first kappa shape index (κ1) is 22.1. The molecule has 0 spiro atoms. The van der Waals surface area contributed by atoms with Crippen molar-refractivity contribution in [2.24, 2.45) is 0 Å². The summed E-state index contributed by atoms with van der Waals surface area (Å²) in [5.74, 6) is 0.495. The third kappa shape index (κ3) is 4.81. The molecule has 5 rings (SSSR count). The van der Waals surface area contributed by atoms with E-state index in [1.165, 1.54) is 11.3 Å². The number of aryl methyl sites for hydroxylation is 1. The average Bonchev–Trinajstić information content (AvgIpc) is 3.22. The minimum absolute atomic E-state index is 0.0274. The number of carbonyl (C=O) groups excluding carboxylic acids is 1. The lowest BCUT2D eigenvalue weighted by Crippen LogP contribution is -2.59. The van der Waals surface area contributed by atoms with Crippen LogP contribution in [0.25, 0.3) is 21.3 Å². The molecule has 2 saturated heterocycles. The van der Waals surface area contributed by atoms with Gasteiger partial charge in [-0.3, -0.25) is 5.32 Å². The van der Waals surface area contributed by atoms with Crippen LogP contribution >= 0.6 is 11.3 Å². The molecule has 3 atom stereocenters. The summed E-state index contributed by atoms with van der Waals surface area (Å²) in [5, 5.41) is 17.9. The molecule has 174 valence electrons. The quantitative estimate of drug-likeness (QED) is 0.556. The molecule has 0 unspecified atom stereocenters. The molecule has 0 radical (unpaired) electrons. The third-order valence-corrected chi connectivity index (χ3v) is 7.39. The second-order valence-corrected chi connectivity index (χ2v) is 9.98. The average molecular weight is 473 g/mol. The van der Waals surface area contributed by atoms with Gasteiger partial charge in [0.2, 0.25) is 0 Å². The van der Waals surface area contributed by atoms with E-state index >= 15 is 0 Å². The molecule has 1 aromatic carbocycles. The van der Waals surface area contributed by atoms with Crippen LogP contribution in [0.4, 0.5) is 19.4 Å². The van der Waals surface area contributed by atoms with Crippen molar-refractivity contribution in [1.82, 2.24) is 25.4 Å². The Morgan fingerprint density at radius 3 is 2.67 bits per heavy atom. The van der Waals surface area contributed by atoms with Crippen molar-refractivity contribution in [2.45, 2.75) is 63.6 Å². The Balaban J connectivity index is 1.31. The second-order valence-electron chi connectivity index (χ2n) is 8.80. The fourth-order valence-corrected chi connectivity index (χ4v) is 5.75. The van der Waals surface area contributed by atoms with Gasteiger partial charge in [-0.1, -0.05) is 23.5 Å². The Kier molecular flexibility index (Phi) is 6.20. The number of fused-ring (bicyclic) bond motifs is 3. The summed E-state index contributed by atoms with van der Waals surface area (Å²) < 4.78 is 25.2. The largest absolute Gasteiger partial charge is 0.323 e. The smallest absolute Gasteiger partial charge is 0.318 e. The Morgan fingerprint density at radius 1 is 1.18 bits per heavy atom. The summed E-state index contributed by atoms with van der Waals surface area (Å²) in [6, 6.07) is 7.86. The highest BCUT2D eigenvalue weighted by Crippen LogP contribution is 2.35. The lowest BCUT2D eigenvalue weighted by molar-refractivity contribution is 0.0548. The van der Waals surface area contributed by atoms with Gasteiger partial charge < -0.3 is 10.2 Å². The molecule has 2 aliphatic rings. The summed E-state index contributed by atoms with van der Waals surface area (Å²) in [4.78, 5) is 19.5. The maximum absolute atomic E-state index is 13.2. The molecule has 4 heterocycles. The fraction of sp³-hybridized carbons (Fsp3) is 0.478. The van der Waals surface area contributed by atoms with Gasteiger partial charge in [0.05, 0.1) is 6.54 Å². The molecule has 10 heteroatoms. The molecule has 0 saturated carbocycles. The van der Waals surface area contributed by atoms with Crippen LogP contribution in [0, 0.1) is 6.92 Å². The van der Waals surface area contributed by atoms with E-state index < -0.39 is 6.43 Å². The van der Waals surface area contributed by atoms with Crippen molar-refractivity contribution in [3.8, 4) is 10.6 Å². The minimum atomic E-state index is -2.36. The molecule has 33 heavy (non-hydrogen) atoms. The summed E-state index contributed by atoms with van der Waals surface area (Å²) in [7, 11) is 0. The molecular weight excluding hydrogens is 446 g/mol. The molecule has 2 fully saturated rings. The number of piperidine rings is 2. The van der Waals surface area contributed by atoms with E-state index in [4.69, 9.17) is 0 Å². The van der Waals surface area contributed by atoms with Crippen LogP contribution in [0.3, 0.4) is 0 Å². The van der Waals surface area contributed by atoms with Crippen molar-refractivity contribution in [3.63, 3.8) is 0 Å². The predicted octanol–water partition coefficient (Wildman–Crippen LogP) is 4.83. The van der Waals surface area contributed by atoms with Gasteiger partial charge in [0, 0.05) is 35.3 Å². The van der Waals surface area contributed by atoms with Gasteiger partial charge in [-0.15, -0.1) is 10.2 Å². The molecule has 2 bridgehead atoms. The highest BCUT2D eigenvalue weighted by molar-refractivity contribution is 7.14. The van der Waals surface area contributed by atoms with Crippen molar-refractivity contribution >= 4 is 34.0 Å². The molecule has 3 aromatic rings. The Labute approximate surface area is 194 Å². The summed E-state index contributed by atoms with van der Waals surface area (Å²) in [6.07, 6.45) is 3.64. The highest BCUT2D eigenvalue weighted by atomic mass is 32.1. The van der Waals surface area contributed by atoms with E-state index in [1.54, 1.807) is 6.20 Å². The number of urea groups is 1. The van der Waals surface area contributed by atoms with Crippen LogP contribution in [0.1, 0.15) is 37.1 Å². The van der Waals surface area contributed by atoms with Gasteiger partial charge in [-0.05, 0) is 56.5 Å². The molecule has 2 aliphatic heterocycles. The number of halogens is 2. The topological polar surface area (TPSA) is 83.0 Å². The number of aromatic nitrogens is 3. The number of hydrogen-bond acceptors (Lipinski definition) is 6. The Morgan fingerprint density at radius 2 is 1.97 bits per heavy atom. The first-order valence-electron chi connectivity index (χ1n) is 11.3. The van der Waals surface area contributed by atoms with Crippen LogP contribution in [-0.2, 0) is 0 Å². The van der Waals surface area contributed by atoms with E-state index in [9.17, 15) is 13.6 Å². The molecule has 2 amide bonds. The third-order valence-electron chi connectivity index (χ3n) is 6.50. The maximum atomic E-state index is 13.2. The van der Waals surface area contributed by atoms with Crippen LogP contribution in [0.15, 0.2) is 30.5 Å². The van der Waals surface area contributed by atoms with Gasteiger partial charge in [0.1, 0.15) is 15.8 Å². The zero-order valence-electron chi connectivity index (χ0n) is 18.3. The monoisotopic (exact) mass is 472 g/mol. The fourth-order valence-electron chi connectivity index (χ4n) is 5.07. The van der Waals surface area contributed by atoms with Crippen molar-refractivity contribution in [2.75, 3.05) is 11.9 Å². The van der Waals surface area contributed by atoms with Gasteiger partial charge in [-0.2, -0.15) is 0 Å². The van der Waals surface area contributed by atoms with Gasteiger partial charge >= 0.3 is 6.03 Å². The molecular formula is C23H26F2N6OS. The Hall–Kier alpha value is -2.72. The second kappa shape index (κ2) is 9.26. The highest BCUT2D eigenvalue weighted by Gasteiger charge is 2.41. The van der Waals surface area contributed by atoms with E-state index in [0.717, 1.165) is 45.6 Å². The number of pyridine rings is 1. The summed E-state index contributed by atoms with van der Waals surface area (Å²) in [6.45, 7) is 1.63. The van der Waals surface area contributed by atoms with Crippen LogP contribution in [0.5, 0.6) is 0 Å². The first-order valence-corrected chi connectivity index (χ1v) is 12.1. The SMILES string of the molecule is Cc1nnc(-c2ccc3cnc(NC(=O)N4[C@@H]5CCC[C@H]4C[C@@H](NCC(F)F)C5)cc3c2)s1. The maximum Gasteiger partial charge on any atom is 0.323 e. The summed E-state index contributed by atoms with van der Waals surface area (Å²) >= 11 is 1.54. The molecule has 2 aromatic heterocycles. The van der Waals surface area contributed by atoms with E-state index in [0.29, 0.717) is 18.7 Å². The molecule has 7 nitrogen and oxygen atoms in total.